The second-order valence-corrected chi connectivity index (χ2v) is 7.26. The van der Waals surface area contributed by atoms with Crippen molar-refractivity contribution in [3.63, 3.8) is 0 Å². The molecule has 0 saturated carbocycles. The number of carbonyl (C=O) groups excluding carboxylic acids is 2. The molecule has 2 aliphatic rings. The van der Waals surface area contributed by atoms with E-state index in [1.165, 1.54) is 11.8 Å². The van der Waals surface area contributed by atoms with Crippen molar-refractivity contribution in [2.45, 2.75) is 30.7 Å². The zero-order chi connectivity index (χ0) is 18.7. The second-order valence-electron chi connectivity index (χ2n) is 6.34. The van der Waals surface area contributed by atoms with Crippen molar-refractivity contribution in [3.8, 4) is 0 Å². The summed E-state index contributed by atoms with van der Waals surface area (Å²) in [6.45, 7) is 1.04. The molecule has 26 heavy (non-hydrogen) atoms. The van der Waals surface area contributed by atoms with Gasteiger partial charge in [-0.3, -0.25) is 14.4 Å². The van der Waals surface area contributed by atoms with Gasteiger partial charge in [-0.15, -0.1) is 11.8 Å². The van der Waals surface area contributed by atoms with Crippen LogP contribution in [0.2, 0.25) is 0 Å². The lowest BCUT2D eigenvalue weighted by Gasteiger charge is -2.27. The molecule has 1 amide bonds. The molecule has 1 aromatic rings. The van der Waals surface area contributed by atoms with Crippen LogP contribution >= 0.6 is 11.8 Å². The van der Waals surface area contributed by atoms with E-state index in [0.29, 0.717) is 18.7 Å². The molecule has 0 bridgehead atoms. The first-order valence-corrected chi connectivity index (χ1v) is 9.81. The Morgan fingerprint density at radius 1 is 1.31 bits per heavy atom. The summed E-state index contributed by atoms with van der Waals surface area (Å²) in [5.74, 6) is -1.78. The fourth-order valence-electron chi connectivity index (χ4n) is 3.45. The highest BCUT2D eigenvalue weighted by Gasteiger charge is 2.43. The van der Waals surface area contributed by atoms with Crippen molar-refractivity contribution in [1.29, 1.82) is 0 Å². The molecule has 6 nitrogen and oxygen atoms in total. The molecular formula is C19H21NO5S. The summed E-state index contributed by atoms with van der Waals surface area (Å²) >= 11 is 1.37. The summed E-state index contributed by atoms with van der Waals surface area (Å²) in [5, 5.41) is 8.75. The highest BCUT2D eigenvalue weighted by atomic mass is 32.2. The molecule has 0 spiro atoms. The predicted molar refractivity (Wildman–Crippen MR) is 98.0 cm³/mol. The number of carboxylic acid groups (broad SMARTS) is 1. The summed E-state index contributed by atoms with van der Waals surface area (Å²) in [7, 11) is 0. The number of benzene rings is 1. The van der Waals surface area contributed by atoms with Crippen LogP contribution in [-0.2, 0) is 14.3 Å². The van der Waals surface area contributed by atoms with Crippen molar-refractivity contribution in [2.75, 3.05) is 19.4 Å². The van der Waals surface area contributed by atoms with Crippen LogP contribution in [0.25, 0.3) is 0 Å². The normalized spacial score (nSPS) is 23.0. The van der Waals surface area contributed by atoms with Gasteiger partial charge in [-0.2, -0.15) is 0 Å². The van der Waals surface area contributed by atoms with Crippen LogP contribution in [0.15, 0.2) is 41.5 Å². The van der Waals surface area contributed by atoms with E-state index in [1.54, 1.807) is 35.2 Å². The Hall–Kier alpha value is -2.12. The molecular weight excluding hydrogens is 354 g/mol. The summed E-state index contributed by atoms with van der Waals surface area (Å²) in [4.78, 5) is 38.9. The van der Waals surface area contributed by atoms with E-state index in [2.05, 4.69) is 0 Å². The molecule has 1 fully saturated rings. The molecule has 2 atom stereocenters. The van der Waals surface area contributed by atoms with Crippen LogP contribution in [0.4, 0.5) is 0 Å². The number of aliphatic carboxylic acids is 1. The van der Waals surface area contributed by atoms with Gasteiger partial charge in [0.1, 0.15) is 5.37 Å². The van der Waals surface area contributed by atoms with Gasteiger partial charge in [-0.05, 0) is 19.1 Å². The number of rotatable bonds is 7. The van der Waals surface area contributed by atoms with E-state index in [4.69, 9.17) is 4.74 Å². The fraction of sp³-hybridized carbons (Fsp3) is 0.421. The Bertz CT molecular complexity index is 740. The van der Waals surface area contributed by atoms with Gasteiger partial charge in [0.25, 0.3) is 5.91 Å². The minimum atomic E-state index is -1.12. The highest BCUT2D eigenvalue weighted by Crippen LogP contribution is 2.36. The van der Waals surface area contributed by atoms with Crippen LogP contribution in [0.5, 0.6) is 0 Å². The topological polar surface area (TPSA) is 83.9 Å². The number of ether oxygens (including phenoxy) is 1. The number of hydrogen-bond donors (Lipinski definition) is 1. The molecule has 0 unspecified atom stereocenters. The molecule has 0 aromatic heterocycles. The Labute approximate surface area is 156 Å². The molecule has 2 aliphatic heterocycles. The summed E-state index contributed by atoms with van der Waals surface area (Å²) in [6.07, 6.45) is 3.11. The lowest BCUT2D eigenvalue weighted by Crippen LogP contribution is -2.40. The van der Waals surface area contributed by atoms with Gasteiger partial charge < -0.3 is 14.7 Å². The third-order valence-electron chi connectivity index (χ3n) is 4.63. The Morgan fingerprint density at radius 3 is 2.62 bits per heavy atom. The monoisotopic (exact) mass is 375 g/mol. The molecule has 138 valence electrons. The van der Waals surface area contributed by atoms with Gasteiger partial charge in [-0.25, -0.2) is 0 Å². The summed E-state index contributed by atoms with van der Waals surface area (Å²) in [5.41, 5.74) is 0.828. The molecule has 1 N–H and O–H groups in total. The molecule has 1 saturated heterocycles. The van der Waals surface area contributed by atoms with Crippen LogP contribution in [-0.4, -0.2) is 58.6 Å². The maximum Gasteiger partial charge on any atom is 0.308 e. The third-order valence-corrected chi connectivity index (χ3v) is 5.57. The van der Waals surface area contributed by atoms with Gasteiger partial charge in [-0.1, -0.05) is 30.3 Å². The van der Waals surface area contributed by atoms with E-state index in [-0.39, 0.29) is 28.9 Å². The highest BCUT2D eigenvalue weighted by molar-refractivity contribution is 7.99. The lowest BCUT2D eigenvalue weighted by molar-refractivity contribution is -0.137. The number of Topliss-reactive ketones (excluding diaryl/α,β-unsaturated/α-hetero) is 1. The minimum Gasteiger partial charge on any atom is -0.481 e. The number of ketones is 1. The maximum atomic E-state index is 13.1. The van der Waals surface area contributed by atoms with Gasteiger partial charge >= 0.3 is 5.97 Å². The second kappa shape index (κ2) is 8.05. The van der Waals surface area contributed by atoms with Crippen molar-refractivity contribution >= 4 is 29.4 Å². The third kappa shape index (κ3) is 3.68. The summed E-state index contributed by atoms with van der Waals surface area (Å²) < 4.78 is 5.63. The number of carbonyl (C=O) groups is 3. The molecule has 0 radical (unpaired) electrons. The van der Waals surface area contributed by atoms with Crippen LogP contribution in [0.1, 0.15) is 29.6 Å². The predicted octanol–water partition coefficient (Wildman–Crippen LogP) is 2.35. The van der Waals surface area contributed by atoms with Crippen LogP contribution < -0.4 is 0 Å². The number of nitrogens with zero attached hydrogens (tertiary/aromatic N) is 1. The van der Waals surface area contributed by atoms with Gasteiger partial charge in [0.05, 0.1) is 12.5 Å². The smallest absolute Gasteiger partial charge is 0.308 e. The Kier molecular flexibility index (Phi) is 5.78. The van der Waals surface area contributed by atoms with Crippen LogP contribution in [0.3, 0.4) is 0 Å². The molecule has 0 aliphatic carbocycles. The maximum absolute atomic E-state index is 13.1. The van der Waals surface area contributed by atoms with Gasteiger partial charge in [0.15, 0.2) is 5.78 Å². The first-order chi connectivity index (χ1) is 12.5. The van der Waals surface area contributed by atoms with Crippen molar-refractivity contribution in [2.24, 2.45) is 0 Å². The number of carboxylic acids is 1. The quantitative estimate of drug-likeness (QED) is 0.737. The molecule has 2 heterocycles. The fourth-order valence-corrected chi connectivity index (χ4v) is 4.37. The number of thioether (sulfide) groups is 1. The van der Waals surface area contributed by atoms with Gasteiger partial charge in [0, 0.05) is 29.9 Å². The number of hydrogen-bond acceptors (Lipinski definition) is 5. The Balaban J connectivity index is 1.96. The first-order valence-electron chi connectivity index (χ1n) is 8.53. The largest absolute Gasteiger partial charge is 0.481 e. The average Bonchev–Trinajstić information content (AvgIpc) is 3.23. The standard InChI is InChI=1S/C19H21NO5S/c1-26-19-16(17(23)12-6-3-2-4-7-12)14(10-15(21)22)18(24)20(19)11-13-8-5-9-25-13/h2-4,6-7,13,19H,5,8-11H2,1H3,(H,21,22)/t13-,19-/m0/s1. The average molecular weight is 375 g/mol. The molecule has 3 rings (SSSR count). The zero-order valence-corrected chi connectivity index (χ0v) is 15.3. The van der Waals surface area contributed by atoms with Gasteiger partial charge in [0.2, 0.25) is 0 Å². The first kappa shape index (κ1) is 18.7. The van der Waals surface area contributed by atoms with E-state index < -0.39 is 17.8 Å². The summed E-state index contributed by atoms with van der Waals surface area (Å²) in [6, 6.07) is 8.66. The molecule has 1 aromatic carbocycles. The zero-order valence-electron chi connectivity index (χ0n) is 14.5. The van der Waals surface area contributed by atoms with E-state index >= 15 is 0 Å². The van der Waals surface area contributed by atoms with E-state index in [9.17, 15) is 19.5 Å². The lowest BCUT2D eigenvalue weighted by atomic mass is 9.98. The van der Waals surface area contributed by atoms with E-state index in [0.717, 1.165) is 12.8 Å². The van der Waals surface area contributed by atoms with E-state index in [1.807, 2.05) is 6.26 Å². The van der Waals surface area contributed by atoms with Crippen LogP contribution in [0, 0.1) is 0 Å². The Morgan fingerprint density at radius 2 is 2.04 bits per heavy atom. The van der Waals surface area contributed by atoms with Crippen molar-refractivity contribution in [3.05, 3.63) is 47.0 Å². The molecule has 7 heteroatoms. The minimum absolute atomic E-state index is 0.0640. The number of amides is 1. The van der Waals surface area contributed by atoms with Crippen molar-refractivity contribution < 1.29 is 24.2 Å². The van der Waals surface area contributed by atoms with Crippen molar-refractivity contribution in [1.82, 2.24) is 4.90 Å². The SMILES string of the molecule is CS[C@H]1C(C(=O)c2ccccc2)=C(CC(=O)O)C(=O)N1C[C@@H]1CCCO1.